The van der Waals surface area contributed by atoms with Gasteiger partial charge in [-0.3, -0.25) is 9.59 Å². The molecule has 0 fully saturated rings. The Morgan fingerprint density at radius 1 is 1.11 bits per heavy atom. The molecule has 0 saturated heterocycles. The van der Waals surface area contributed by atoms with Crippen LogP contribution in [0.15, 0.2) is 36.4 Å². The van der Waals surface area contributed by atoms with Gasteiger partial charge in [-0.1, -0.05) is 18.2 Å². The zero-order valence-corrected chi connectivity index (χ0v) is 14.7. The highest BCUT2D eigenvalue weighted by Crippen LogP contribution is 2.33. The second-order valence-corrected chi connectivity index (χ2v) is 6.21. The molecule has 28 heavy (non-hydrogen) atoms. The highest BCUT2D eigenvalue weighted by Gasteiger charge is 2.33. The molecule has 0 bridgehead atoms. The molecular weight excluding hydrogens is 377 g/mol. The van der Waals surface area contributed by atoms with E-state index in [1.54, 1.807) is 24.3 Å². The molecule has 1 atom stereocenters. The largest absolute Gasteiger partial charge is 0.453 e. The van der Waals surface area contributed by atoms with Gasteiger partial charge in [0.15, 0.2) is 17.5 Å². The third-order valence-corrected chi connectivity index (χ3v) is 4.25. The van der Waals surface area contributed by atoms with Gasteiger partial charge in [-0.25, -0.2) is 18.0 Å². The molecule has 146 valence electrons. The second-order valence-electron chi connectivity index (χ2n) is 6.21. The maximum absolute atomic E-state index is 13.6. The summed E-state index contributed by atoms with van der Waals surface area (Å²) in [5, 5.41) is 2.08. The van der Waals surface area contributed by atoms with Crippen molar-refractivity contribution in [2.24, 2.45) is 0 Å². The molecular formula is C19H15F3N2O4. The molecule has 2 aromatic carbocycles. The van der Waals surface area contributed by atoms with Gasteiger partial charge in [-0.05, 0) is 18.2 Å². The number of hydrogen-bond acceptors (Lipinski definition) is 4. The Bertz CT molecular complexity index is 964. The molecule has 0 aromatic heterocycles. The first-order chi connectivity index (χ1) is 13.3. The number of anilines is 1. The third-order valence-electron chi connectivity index (χ3n) is 4.25. The smallest absolute Gasteiger partial charge is 0.339 e. The molecule has 0 aliphatic carbocycles. The number of halogens is 3. The number of ether oxygens (including phenoxy) is 1. The molecule has 0 radical (unpaired) electrons. The van der Waals surface area contributed by atoms with Crippen LogP contribution in [0.25, 0.3) is 0 Å². The predicted octanol–water partition coefficient (Wildman–Crippen LogP) is 2.80. The Kier molecular flexibility index (Phi) is 5.34. The number of cyclic esters (lactones) is 1. The number of carbonyl (C=O) groups excluding carboxylic acids is 3. The van der Waals surface area contributed by atoms with E-state index < -0.39 is 53.6 Å². The van der Waals surface area contributed by atoms with Gasteiger partial charge in [0.05, 0.1) is 24.2 Å². The molecule has 1 heterocycles. The molecule has 2 amide bonds. The van der Waals surface area contributed by atoms with E-state index in [4.69, 9.17) is 4.74 Å². The molecule has 3 rings (SSSR count). The standard InChI is InChI=1S/C19H15F3N2O4/c1-24(9-15(25)23-13-7-6-12(20)17(21)18(13)22)16(26)8-14-10-4-2-3-5-11(10)19(27)28-14/h2-7,14H,8-9H2,1H3,(H,23,25)/t14-/m0/s1. The number of nitrogens with one attached hydrogen (secondary N) is 1. The number of carbonyl (C=O) groups is 3. The Balaban J connectivity index is 1.60. The number of benzene rings is 2. The quantitative estimate of drug-likeness (QED) is 0.627. The summed E-state index contributed by atoms with van der Waals surface area (Å²) >= 11 is 0. The maximum Gasteiger partial charge on any atom is 0.339 e. The van der Waals surface area contributed by atoms with E-state index in [-0.39, 0.29) is 6.42 Å². The van der Waals surface area contributed by atoms with Gasteiger partial charge < -0.3 is 15.0 Å². The summed E-state index contributed by atoms with van der Waals surface area (Å²) in [6.07, 6.45) is -0.933. The first-order valence-electron chi connectivity index (χ1n) is 8.25. The van der Waals surface area contributed by atoms with Crippen LogP contribution in [0.2, 0.25) is 0 Å². The van der Waals surface area contributed by atoms with Crippen molar-refractivity contribution in [2.75, 3.05) is 18.9 Å². The lowest BCUT2D eigenvalue weighted by molar-refractivity contribution is -0.135. The van der Waals surface area contributed by atoms with Crippen LogP contribution >= 0.6 is 0 Å². The lowest BCUT2D eigenvalue weighted by Crippen LogP contribution is -2.35. The van der Waals surface area contributed by atoms with E-state index in [1.807, 2.05) is 0 Å². The fourth-order valence-electron chi connectivity index (χ4n) is 2.80. The van der Waals surface area contributed by atoms with Crippen molar-refractivity contribution >= 4 is 23.5 Å². The summed E-state index contributed by atoms with van der Waals surface area (Å²) in [6, 6.07) is 8.22. The maximum atomic E-state index is 13.6. The van der Waals surface area contributed by atoms with Gasteiger partial charge in [0.2, 0.25) is 11.8 Å². The van der Waals surface area contributed by atoms with Gasteiger partial charge in [0.25, 0.3) is 0 Å². The van der Waals surface area contributed by atoms with Crippen molar-refractivity contribution in [1.82, 2.24) is 4.90 Å². The fraction of sp³-hybridized carbons (Fsp3) is 0.211. The number of fused-ring (bicyclic) bond motifs is 1. The average molecular weight is 392 g/mol. The minimum atomic E-state index is -1.70. The van der Waals surface area contributed by atoms with Crippen LogP contribution in [0.4, 0.5) is 18.9 Å². The fourth-order valence-corrected chi connectivity index (χ4v) is 2.80. The number of likely N-dealkylation sites (N-methyl/N-ethyl adjacent to an activating group) is 1. The molecule has 0 saturated carbocycles. The number of hydrogen-bond donors (Lipinski definition) is 1. The Morgan fingerprint density at radius 3 is 2.57 bits per heavy atom. The minimum absolute atomic E-state index is 0.175. The number of esters is 1. The van der Waals surface area contributed by atoms with E-state index in [0.29, 0.717) is 17.2 Å². The van der Waals surface area contributed by atoms with Crippen molar-refractivity contribution in [3.8, 4) is 0 Å². The monoisotopic (exact) mass is 392 g/mol. The zero-order valence-electron chi connectivity index (χ0n) is 14.7. The lowest BCUT2D eigenvalue weighted by Gasteiger charge is -2.19. The van der Waals surface area contributed by atoms with Gasteiger partial charge in [-0.2, -0.15) is 0 Å². The zero-order chi connectivity index (χ0) is 20.4. The normalized spacial score (nSPS) is 15.0. The van der Waals surface area contributed by atoms with Crippen molar-refractivity contribution in [3.63, 3.8) is 0 Å². The Labute approximate surface area is 157 Å². The van der Waals surface area contributed by atoms with Crippen LogP contribution in [-0.4, -0.2) is 36.3 Å². The van der Waals surface area contributed by atoms with Crippen molar-refractivity contribution < 1.29 is 32.3 Å². The van der Waals surface area contributed by atoms with E-state index in [9.17, 15) is 27.6 Å². The van der Waals surface area contributed by atoms with E-state index in [1.165, 1.54) is 7.05 Å². The number of nitrogens with zero attached hydrogens (tertiary/aromatic N) is 1. The predicted molar refractivity (Wildman–Crippen MR) is 91.8 cm³/mol. The summed E-state index contributed by atoms with van der Waals surface area (Å²) in [5.41, 5.74) is 0.431. The SMILES string of the molecule is CN(CC(=O)Nc1ccc(F)c(F)c1F)C(=O)C[C@@H]1OC(=O)c2ccccc21. The minimum Gasteiger partial charge on any atom is -0.453 e. The highest BCUT2D eigenvalue weighted by atomic mass is 19.2. The van der Waals surface area contributed by atoms with Gasteiger partial charge >= 0.3 is 5.97 Å². The number of rotatable bonds is 5. The van der Waals surface area contributed by atoms with Crippen LogP contribution in [0.1, 0.15) is 28.4 Å². The molecule has 6 nitrogen and oxygen atoms in total. The lowest BCUT2D eigenvalue weighted by atomic mass is 10.0. The van der Waals surface area contributed by atoms with E-state index in [2.05, 4.69) is 5.32 Å². The van der Waals surface area contributed by atoms with E-state index >= 15 is 0 Å². The summed E-state index contributed by atoms with van der Waals surface area (Å²) in [7, 11) is 1.34. The summed E-state index contributed by atoms with van der Waals surface area (Å²) < 4.78 is 44.9. The van der Waals surface area contributed by atoms with Gasteiger partial charge in [0, 0.05) is 12.6 Å². The summed E-state index contributed by atoms with van der Waals surface area (Å²) in [4.78, 5) is 37.2. The van der Waals surface area contributed by atoms with Crippen LogP contribution < -0.4 is 5.32 Å². The molecule has 0 unspecified atom stereocenters. The van der Waals surface area contributed by atoms with Crippen LogP contribution in [0.5, 0.6) is 0 Å². The molecule has 1 aliphatic heterocycles. The molecule has 9 heteroatoms. The van der Waals surface area contributed by atoms with Gasteiger partial charge in [0.1, 0.15) is 6.10 Å². The Hall–Kier alpha value is -3.36. The van der Waals surface area contributed by atoms with E-state index in [0.717, 1.165) is 11.0 Å². The van der Waals surface area contributed by atoms with Gasteiger partial charge in [-0.15, -0.1) is 0 Å². The van der Waals surface area contributed by atoms with Crippen LogP contribution in [0.3, 0.4) is 0 Å². The van der Waals surface area contributed by atoms with Crippen molar-refractivity contribution in [3.05, 3.63) is 65.0 Å². The highest BCUT2D eigenvalue weighted by molar-refractivity contribution is 5.96. The van der Waals surface area contributed by atoms with Crippen molar-refractivity contribution in [1.29, 1.82) is 0 Å². The third kappa shape index (κ3) is 3.83. The molecule has 0 spiro atoms. The average Bonchev–Trinajstić information content (AvgIpc) is 2.98. The second kappa shape index (κ2) is 7.71. The first-order valence-corrected chi connectivity index (χ1v) is 8.25. The number of amides is 2. The van der Waals surface area contributed by atoms with Crippen molar-refractivity contribution in [2.45, 2.75) is 12.5 Å². The Morgan fingerprint density at radius 2 is 1.82 bits per heavy atom. The van der Waals surface area contributed by atoms with Crippen LogP contribution in [0, 0.1) is 17.5 Å². The molecule has 1 N–H and O–H groups in total. The molecule has 1 aliphatic rings. The summed E-state index contributed by atoms with van der Waals surface area (Å²) in [6.45, 7) is -0.459. The first kappa shape index (κ1) is 19.4. The van der Waals surface area contributed by atoms with Crippen LogP contribution in [-0.2, 0) is 14.3 Å². The summed E-state index contributed by atoms with van der Waals surface area (Å²) in [5.74, 6) is -6.43. The molecule has 2 aromatic rings. The topological polar surface area (TPSA) is 75.7 Å².